The highest BCUT2D eigenvalue weighted by Gasteiger charge is 2.18. The van der Waals surface area contributed by atoms with E-state index >= 15 is 0 Å². The number of halogens is 1. The van der Waals surface area contributed by atoms with Crippen LogP contribution >= 0.6 is 0 Å². The lowest BCUT2D eigenvalue weighted by Crippen LogP contribution is -2.14. The van der Waals surface area contributed by atoms with E-state index in [4.69, 9.17) is 5.73 Å². The third-order valence-electron chi connectivity index (χ3n) is 3.49. The predicted molar refractivity (Wildman–Crippen MR) is 71.9 cm³/mol. The molecule has 1 aromatic carbocycles. The van der Waals surface area contributed by atoms with Crippen LogP contribution in [0.5, 0.6) is 0 Å². The van der Waals surface area contributed by atoms with Crippen molar-refractivity contribution in [3.63, 3.8) is 0 Å². The summed E-state index contributed by atoms with van der Waals surface area (Å²) in [5.74, 6) is 0.559. The molecular formula is C13H18FN5. The number of aromatic nitrogens is 4. The molecule has 0 aliphatic heterocycles. The van der Waals surface area contributed by atoms with Crippen molar-refractivity contribution in [3.8, 4) is 11.4 Å². The van der Waals surface area contributed by atoms with Crippen LogP contribution in [0.4, 0.5) is 10.1 Å². The molecule has 0 saturated heterocycles. The van der Waals surface area contributed by atoms with Gasteiger partial charge in [-0.05, 0) is 42.3 Å². The van der Waals surface area contributed by atoms with Crippen molar-refractivity contribution in [2.75, 3.05) is 5.73 Å². The molecule has 0 spiro atoms. The van der Waals surface area contributed by atoms with Crippen molar-refractivity contribution in [3.05, 3.63) is 23.5 Å². The van der Waals surface area contributed by atoms with E-state index in [0.717, 1.165) is 0 Å². The third kappa shape index (κ3) is 2.43. The second-order valence-corrected chi connectivity index (χ2v) is 5.10. The number of tetrazole rings is 1. The molecule has 1 heterocycles. The number of benzene rings is 1. The van der Waals surface area contributed by atoms with Crippen molar-refractivity contribution < 1.29 is 4.39 Å². The van der Waals surface area contributed by atoms with Gasteiger partial charge in [0.1, 0.15) is 5.82 Å². The van der Waals surface area contributed by atoms with Gasteiger partial charge in [0.25, 0.3) is 0 Å². The summed E-state index contributed by atoms with van der Waals surface area (Å²) in [5, 5.41) is 11.7. The zero-order valence-corrected chi connectivity index (χ0v) is 11.6. The fourth-order valence-electron chi connectivity index (χ4n) is 1.77. The SMILES string of the molecule is Cc1c(N)cc(-c2nnnn2C(C)C(C)C)cc1F. The fraction of sp³-hybridized carbons (Fsp3) is 0.462. The Kier molecular flexibility index (Phi) is 3.50. The summed E-state index contributed by atoms with van der Waals surface area (Å²) in [6.07, 6.45) is 0. The Morgan fingerprint density at radius 1 is 1.26 bits per heavy atom. The van der Waals surface area contributed by atoms with Gasteiger partial charge < -0.3 is 5.73 Å². The largest absolute Gasteiger partial charge is 0.398 e. The number of hydrogen-bond donors (Lipinski definition) is 1. The summed E-state index contributed by atoms with van der Waals surface area (Å²) >= 11 is 0. The maximum Gasteiger partial charge on any atom is 0.182 e. The van der Waals surface area contributed by atoms with Crippen LogP contribution in [0, 0.1) is 18.7 Å². The molecule has 6 heteroatoms. The van der Waals surface area contributed by atoms with E-state index in [2.05, 4.69) is 29.4 Å². The van der Waals surface area contributed by atoms with Gasteiger partial charge in [0.15, 0.2) is 5.82 Å². The monoisotopic (exact) mass is 263 g/mol. The van der Waals surface area contributed by atoms with E-state index in [-0.39, 0.29) is 11.9 Å². The molecule has 19 heavy (non-hydrogen) atoms. The molecule has 0 fully saturated rings. The number of anilines is 1. The Morgan fingerprint density at radius 2 is 1.95 bits per heavy atom. The van der Waals surface area contributed by atoms with Gasteiger partial charge >= 0.3 is 0 Å². The van der Waals surface area contributed by atoms with Crippen molar-refractivity contribution in [1.29, 1.82) is 0 Å². The summed E-state index contributed by atoms with van der Waals surface area (Å²) in [6.45, 7) is 7.84. The number of nitrogens with zero attached hydrogens (tertiary/aromatic N) is 4. The van der Waals surface area contributed by atoms with Crippen LogP contribution in [-0.4, -0.2) is 20.2 Å². The summed E-state index contributed by atoms with van der Waals surface area (Å²) < 4.78 is 15.5. The highest BCUT2D eigenvalue weighted by atomic mass is 19.1. The lowest BCUT2D eigenvalue weighted by molar-refractivity contribution is 0.371. The fourth-order valence-corrected chi connectivity index (χ4v) is 1.77. The van der Waals surface area contributed by atoms with E-state index in [0.29, 0.717) is 28.6 Å². The van der Waals surface area contributed by atoms with Crippen molar-refractivity contribution in [2.45, 2.75) is 33.7 Å². The van der Waals surface area contributed by atoms with Crippen LogP contribution in [0.15, 0.2) is 12.1 Å². The van der Waals surface area contributed by atoms with Gasteiger partial charge in [0, 0.05) is 16.8 Å². The van der Waals surface area contributed by atoms with Gasteiger partial charge in [-0.25, -0.2) is 9.07 Å². The van der Waals surface area contributed by atoms with Crippen LogP contribution in [0.3, 0.4) is 0 Å². The van der Waals surface area contributed by atoms with Crippen LogP contribution in [0.2, 0.25) is 0 Å². The molecule has 5 nitrogen and oxygen atoms in total. The van der Waals surface area contributed by atoms with E-state index in [1.165, 1.54) is 6.07 Å². The molecule has 0 amide bonds. The first-order valence-electron chi connectivity index (χ1n) is 6.25. The molecule has 1 unspecified atom stereocenters. The molecule has 2 N–H and O–H groups in total. The number of nitrogens with two attached hydrogens (primary N) is 1. The van der Waals surface area contributed by atoms with E-state index in [9.17, 15) is 4.39 Å². The molecule has 0 aliphatic carbocycles. The predicted octanol–water partition coefficient (Wildman–Crippen LogP) is 2.59. The Morgan fingerprint density at radius 3 is 2.53 bits per heavy atom. The van der Waals surface area contributed by atoms with Gasteiger partial charge in [-0.15, -0.1) is 5.10 Å². The summed E-state index contributed by atoms with van der Waals surface area (Å²) in [4.78, 5) is 0. The molecule has 0 saturated carbocycles. The number of rotatable bonds is 3. The average Bonchev–Trinajstić information content (AvgIpc) is 2.83. The van der Waals surface area contributed by atoms with Crippen LogP contribution in [-0.2, 0) is 0 Å². The second-order valence-electron chi connectivity index (χ2n) is 5.10. The van der Waals surface area contributed by atoms with Crippen molar-refractivity contribution >= 4 is 5.69 Å². The summed E-state index contributed by atoms with van der Waals surface area (Å²) in [6, 6.07) is 3.24. The van der Waals surface area contributed by atoms with E-state index < -0.39 is 0 Å². The third-order valence-corrected chi connectivity index (χ3v) is 3.49. The normalized spacial score (nSPS) is 12.9. The van der Waals surface area contributed by atoms with Gasteiger partial charge in [-0.2, -0.15) is 0 Å². The minimum atomic E-state index is -0.346. The molecule has 102 valence electrons. The maximum atomic E-state index is 13.8. The number of nitrogen functional groups attached to an aromatic ring is 1. The first-order chi connectivity index (χ1) is 8.91. The quantitative estimate of drug-likeness (QED) is 0.864. The molecule has 0 radical (unpaired) electrons. The van der Waals surface area contributed by atoms with Gasteiger partial charge in [-0.3, -0.25) is 0 Å². The molecule has 1 atom stereocenters. The number of hydrogen-bond acceptors (Lipinski definition) is 4. The molecular weight excluding hydrogens is 245 g/mol. The first-order valence-corrected chi connectivity index (χ1v) is 6.25. The standard InChI is InChI=1S/C13H18FN5/c1-7(2)9(4)19-13(16-17-18-19)10-5-11(14)8(3)12(15)6-10/h5-7,9H,15H2,1-4H3. The lowest BCUT2D eigenvalue weighted by atomic mass is 10.1. The lowest BCUT2D eigenvalue weighted by Gasteiger charge is -2.17. The van der Waals surface area contributed by atoms with Crippen LogP contribution < -0.4 is 5.73 Å². The average molecular weight is 263 g/mol. The molecule has 2 aromatic rings. The molecule has 0 bridgehead atoms. The van der Waals surface area contributed by atoms with Gasteiger partial charge in [0.05, 0.1) is 6.04 Å². The maximum absolute atomic E-state index is 13.8. The zero-order valence-electron chi connectivity index (χ0n) is 11.6. The summed E-state index contributed by atoms with van der Waals surface area (Å²) in [5.41, 5.74) is 7.24. The molecule has 2 rings (SSSR count). The smallest absolute Gasteiger partial charge is 0.182 e. The topological polar surface area (TPSA) is 69.6 Å². The molecule has 0 aliphatic rings. The minimum Gasteiger partial charge on any atom is -0.398 e. The Labute approximate surface area is 111 Å². The van der Waals surface area contributed by atoms with Gasteiger partial charge in [-0.1, -0.05) is 13.8 Å². The second kappa shape index (κ2) is 4.95. The van der Waals surface area contributed by atoms with Crippen molar-refractivity contribution in [2.24, 2.45) is 5.92 Å². The Hall–Kier alpha value is -1.98. The van der Waals surface area contributed by atoms with Gasteiger partial charge in [0.2, 0.25) is 0 Å². The minimum absolute atomic E-state index is 0.121. The first kappa shape index (κ1) is 13.5. The summed E-state index contributed by atoms with van der Waals surface area (Å²) in [7, 11) is 0. The Bertz CT molecular complexity index is 567. The zero-order chi connectivity index (χ0) is 14.2. The molecule has 1 aromatic heterocycles. The van der Waals surface area contributed by atoms with Crippen LogP contribution in [0.25, 0.3) is 11.4 Å². The van der Waals surface area contributed by atoms with E-state index in [1.807, 2.05) is 6.92 Å². The Balaban J connectivity index is 2.52. The highest BCUT2D eigenvalue weighted by molar-refractivity contribution is 5.64. The highest BCUT2D eigenvalue weighted by Crippen LogP contribution is 2.27. The van der Waals surface area contributed by atoms with Crippen LogP contribution in [0.1, 0.15) is 32.4 Å². The van der Waals surface area contributed by atoms with Crippen molar-refractivity contribution in [1.82, 2.24) is 20.2 Å². The van der Waals surface area contributed by atoms with E-state index in [1.54, 1.807) is 17.7 Å².